The first-order valence-electron chi connectivity index (χ1n) is 10.1. The maximum Gasteiger partial charge on any atom is 0.321 e. The van der Waals surface area contributed by atoms with Crippen LogP contribution in [0.3, 0.4) is 0 Å². The van der Waals surface area contributed by atoms with E-state index < -0.39 is 0 Å². The molecule has 28 heavy (non-hydrogen) atoms. The number of carbonyl (C=O) groups excluding carboxylic acids is 2. The maximum atomic E-state index is 12.7. The van der Waals surface area contributed by atoms with E-state index in [0.29, 0.717) is 44.5 Å². The van der Waals surface area contributed by atoms with Gasteiger partial charge in [-0.05, 0) is 25.0 Å². The van der Waals surface area contributed by atoms with Crippen molar-refractivity contribution in [3.63, 3.8) is 0 Å². The number of para-hydroxylation sites is 1. The molecule has 0 atom stereocenters. The Labute approximate surface area is 171 Å². The highest BCUT2D eigenvalue weighted by Crippen LogP contribution is 2.38. The topological polar surface area (TPSA) is 64.7 Å². The molecule has 152 valence electrons. The Bertz CT molecular complexity index is 683. The Morgan fingerprint density at radius 3 is 2.57 bits per heavy atom. The van der Waals surface area contributed by atoms with Gasteiger partial charge in [0.1, 0.15) is 0 Å². The predicted molar refractivity (Wildman–Crippen MR) is 115 cm³/mol. The van der Waals surface area contributed by atoms with Gasteiger partial charge in [0.05, 0.1) is 12.2 Å². The monoisotopic (exact) mass is 402 g/mol. The lowest BCUT2D eigenvalue weighted by molar-refractivity contribution is -0.122. The molecule has 7 heteroatoms. The molecule has 1 saturated carbocycles. The van der Waals surface area contributed by atoms with Crippen LogP contribution in [0.1, 0.15) is 25.7 Å². The van der Waals surface area contributed by atoms with Crippen molar-refractivity contribution >= 4 is 29.4 Å². The van der Waals surface area contributed by atoms with Crippen molar-refractivity contribution in [1.29, 1.82) is 0 Å². The Balaban J connectivity index is 1.48. The minimum Gasteiger partial charge on any atom is -0.352 e. The number of urea groups is 1. The fraction of sp³-hybridized carbons (Fsp3) is 0.524. The van der Waals surface area contributed by atoms with Crippen LogP contribution in [0.15, 0.2) is 41.8 Å². The number of nitrogens with one attached hydrogen (secondary N) is 2. The minimum absolute atomic E-state index is 0.00401. The number of amides is 3. The summed E-state index contributed by atoms with van der Waals surface area (Å²) in [5, 5.41) is 6.54. The third-order valence-corrected chi connectivity index (χ3v) is 6.61. The van der Waals surface area contributed by atoms with E-state index in [-0.39, 0.29) is 11.9 Å². The van der Waals surface area contributed by atoms with Gasteiger partial charge in [-0.1, -0.05) is 31.1 Å². The molecule has 1 aromatic rings. The van der Waals surface area contributed by atoms with Crippen molar-refractivity contribution in [2.75, 3.05) is 44.6 Å². The average Bonchev–Trinajstić information content (AvgIpc) is 3.21. The third-order valence-electron chi connectivity index (χ3n) is 5.19. The van der Waals surface area contributed by atoms with Crippen molar-refractivity contribution in [2.45, 2.75) is 35.8 Å². The molecule has 3 rings (SSSR count). The predicted octanol–water partition coefficient (Wildman–Crippen LogP) is 3.17. The van der Waals surface area contributed by atoms with Crippen molar-refractivity contribution in [3.05, 3.63) is 36.9 Å². The van der Waals surface area contributed by atoms with Crippen LogP contribution >= 0.6 is 11.8 Å². The molecule has 1 aliphatic carbocycles. The second-order valence-corrected chi connectivity index (χ2v) is 8.65. The summed E-state index contributed by atoms with van der Waals surface area (Å²) in [6, 6.07) is 8.01. The van der Waals surface area contributed by atoms with Gasteiger partial charge < -0.3 is 15.5 Å². The largest absolute Gasteiger partial charge is 0.352 e. The number of nitrogens with zero attached hydrogens (tertiary/aromatic N) is 2. The van der Waals surface area contributed by atoms with Crippen LogP contribution < -0.4 is 10.6 Å². The van der Waals surface area contributed by atoms with E-state index >= 15 is 0 Å². The summed E-state index contributed by atoms with van der Waals surface area (Å²) in [4.78, 5) is 29.6. The lowest BCUT2D eigenvalue weighted by Crippen LogP contribution is -2.52. The van der Waals surface area contributed by atoms with Crippen molar-refractivity contribution in [1.82, 2.24) is 15.1 Å². The Hall–Kier alpha value is -1.99. The second-order valence-electron chi connectivity index (χ2n) is 7.31. The molecule has 0 unspecified atom stereocenters. The normalized spacial score (nSPS) is 18.1. The van der Waals surface area contributed by atoms with Crippen molar-refractivity contribution in [3.8, 4) is 0 Å². The van der Waals surface area contributed by atoms with Gasteiger partial charge in [0, 0.05) is 42.9 Å². The molecule has 0 radical (unpaired) electrons. The zero-order valence-electron chi connectivity index (χ0n) is 16.4. The molecule has 2 N–H and O–H groups in total. The zero-order valence-corrected chi connectivity index (χ0v) is 17.2. The van der Waals surface area contributed by atoms with Crippen LogP contribution in [0.5, 0.6) is 0 Å². The molecule has 2 aliphatic rings. The van der Waals surface area contributed by atoms with Crippen LogP contribution in [0, 0.1) is 0 Å². The Morgan fingerprint density at radius 2 is 1.86 bits per heavy atom. The summed E-state index contributed by atoms with van der Waals surface area (Å²) < 4.78 is 0. The average molecular weight is 403 g/mol. The van der Waals surface area contributed by atoms with Crippen molar-refractivity contribution < 1.29 is 9.59 Å². The van der Waals surface area contributed by atoms with Crippen LogP contribution in [0.25, 0.3) is 0 Å². The smallest absolute Gasteiger partial charge is 0.321 e. The molecule has 0 spiro atoms. The summed E-state index contributed by atoms with van der Waals surface area (Å²) >= 11 is 1.89. The standard InChI is InChI=1S/C21H30N4O2S/c1-2-11-22-20(26)16-24-12-14-25(15-13-24)21(27)23-18-9-5-6-10-19(18)28-17-7-3-4-8-17/h2,5-6,9-10,17H,1,3-4,7-8,11-16H2,(H,22,26)(H,23,27). The highest BCUT2D eigenvalue weighted by molar-refractivity contribution is 8.00. The van der Waals surface area contributed by atoms with E-state index in [1.54, 1.807) is 6.08 Å². The quantitative estimate of drug-likeness (QED) is 0.688. The Kier molecular flexibility index (Phi) is 7.80. The molecule has 1 aromatic carbocycles. The zero-order chi connectivity index (χ0) is 19.8. The summed E-state index contributed by atoms with van der Waals surface area (Å²) in [5.41, 5.74) is 0.899. The van der Waals surface area contributed by atoms with E-state index in [2.05, 4.69) is 28.2 Å². The van der Waals surface area contributed by atoms with Gasteiger partial charge in [0.25, 0.3) is 0 Å². The summed E-state index contributed by atoms with van der Waals surface area (Å²) in [6.45, 7) is 7.10. The number of hydrogen-bond donors (Lipinski definition) is 2. The molecular formula is C21H30N4O2S. The number of piperazine rings is 1. The lowest BCUT2D eigenvalue weighted by atomic mass is 10.3. The lowest BCUT2D eigenvalue weighted by Gasteiger charge is -2.34. The molecule has 0 bridgehead atoms. The number of thioether (sulfide) groups is 1. The number of benzene rings is 1. The minimum atomic E-state index is -0.0600. The SMILES string of the molecule is C=CCNC(=O)CN1CCN(C(=O)Nc2ccccc2SC2CCCC2)CC1. The van der Waals surface area contributed by atoms with Gasteiger partial charge in [-0.25, -0.2) is 4.79 Å². The number of hydrogen-bond acceptors (Lipinski definition) is 4. The third kappa shape index (κ3) is 6.01. The van der Waals surface area contributed by atoms with E-state index in [0.717, 1.165) is 10.6 Å². The molecule has 1 saturated heterocycles. The van der Waals surface area contributed by atoms with Gasteiger partial charge >= 0.3 is 6.03 Å². The van der Waals surface area contributed by atoms with E-state index in [1.165, 1.54) is 25.7 Å². The van der Waals surface area contributed by atoms with Crippen LogP contribution in [-0.4, -0.2) is 66.3 Å². The van der Waals surface area contributed by atoms with Gasteiger partial charge in [0.2, 0.25) is 5.91 Å². The summed E-state index contributed by atoms with van der Waals surface area (Å²) in [7, 11) is 0. The first kappa shape index (κ1) is 20.7. The summed E-state index contributed by atoms with van der Waals surface area (Å²) in [6.07, 6.45) is 6.80. The van der Waals surface area contributed by atoms with Gasteiger partial charge in [-0.2, -0.15) is 0 Å². The van der Waals surface area contributed by atoms with E-state index in [1.807, 2.05) is 34.9 Å². The van der Waals surface area contributed by atoms with Crippen molar-refractivity contribution in [2.24, 2.45) is 0 Å². The van der Waals surface area contributed by atoms with Gasteiger partial charge in [0.15, 0.2) is 0 Å². The summed E-state index contributed by atoms with van der Waals surface area (Å²) in [5.74, 6) is -0.00401. The highest BCUT2D eigenvalue weighted by atomic mass is 32.2. The Morgan fingerprint density at radius 1 is 1.14 bits per heavy atom. The molecule has 1 aliphatic heterocycles. The molecule has 3 amide bonds. The fourth-order valence-electron chi connectivity index (χ4n) is 3.61. The molecule has 0 aromatic heterocycles. The number of anilines is 1. The van der Waals surface area contributed by atoms with E-state index in [4.69, 9.17) is 0 Å². The maximum absolute atomic E-state index is 12.7. The van der Waals surface area contributed by atoms with Crippen LogP contribution in [0.2, 0.25) is 0 Å². The van der Waals surface area contributed by atoms with Crippen LogP contribution in [-0.2, 0) is 4.79 Å². The fourth-order valence-corrected chi connectivity index (χ4v) is 4.94. The first-order chi connectivity index (χ1) is 13.7. The molecular weight excluding hydrogens is 372 g/mol. The van der Waals surface area contributed by atoms with Crippen LogP contribution in [0.4, 0.5) is 10.5 Å². The second kappa shape index (κ2) is 10.5. The van der Waals surface area contributed by atoms with Gasteiger partial charge in [-0.15, -0.1) is 18.3 Å². The van der Waals surface area contributed by atoms with E-state index in [9.17, 15) is 9.59 Å². The number of rotatable bonds is 7. The molecule has 6 nitrogen and oxygen atoms in total. The molecule has 2 fully saturated rings. The highest BCUT2D eigenvalue weighted by Gasteiger charge is 2.23. The number of carbonyl (C=O) groups is 2. The molecule has 1 heterocycles. The first-order valence-corrected chi connectivity index (χ1v) is 10.9. The van der Waals surface area contributed by atoms with Gasteiger partial charge in [-0.3, -0.25) is 9.69 Å².